The molecule has 92 valence electrons. The Morgan fingerprint density at radius 3 is 2.53 bits per heavy atom. The summed E-state index contributed by atoms with van der Waals surface area (Å²) in [5.41, 5.74) is 0.962. The minimum atomic E-state index is -0.954. The van der Waals surface area contributed by atoms with E-state index in [2.05, 4.69) is 5.32 Å². The van der Waals surface area contributed by atoms with Crippen molar-refractivity contribution in [3.8, 4) is 0 Å². The highest BCUT2D eigenvalue weighted by atomic mass is 16.4. The van der Waals surface area contributed by atoms with Crippen molar-refractivity contribution in [2.75, 3.05) is 0 Å². The van der Waals surface area contributed by atoms with Crippen molar-refractivity contribution >= 4 is 11.9 Å². The number of carboxylic acids is 1. The summed E-state index contributed by atoms with van der Waals surface area (Å²) in [6.45, 7) is 3.78. The molecule has 0 bridgehead atoms. The third-order valence-electron chi connectivity index (χ3n) is 2.32. The van der Waals surface area contributed by atoms with Gasteiger partial charge in [0.2, 0.25) is 5.91 Å². The minimum Gasteiger partial charge on any atom is -0.478 e. The number of amides is 1. The summed E-state index contributed by atoms with van der Waals surface area (Å²) >= 11 is 0. The number of rotatable bonds is 5. The van der Waals surface area contributed by atoms with Crippen LogP contribution in [0.1, 0.15) is 36.2 Å². The summed E-state index contributed by atoms with van der Waals surface area (Å²) in [5, 5.41) is 11.8. The number of nitrogens with one attached hydrogen (secondary N) is 1. The Morgan fingerprint density at radius 2 is 1.94 bits per heavy atom. The lowest BCUT2D eigenvalue weighted by atomic mass is 10.0. The van der Waals surface area contributed by atoms with Gasteiger partial charge in [-0.25, -0.2) is 4.79 Å². The molecule has 0 saturated heterocycles. The summed E-state index contributed by atoms with van der Waals surface area (Å²) in [4.78, 5) is 22.4. The van der Waals surface area contributed by atoms with Gasteiger partial charge in [0.15, 0.2) is 0 Å². The Bertz CT molecular complexity index is 413. The number of aromatic carboxylic acids is 1. The summed E-state index contributed by atoms with van der Waals surface area (Å²) in [7, 11) is 0. The van der Waals surface area contributed by atoms with Gasteiger partial charge in [-0.3, -0.25) is 4.79 Å². The van der Waals surface area contributed by atoms with Crippen LogP contribution in [0.2, 0.25) is 0 Å². The summed E-state index contributed by atoms with van der Waals surface area (Å²) in [6, 6.07) is 6.87. The zero-order valence-corrected chi connectivity index (χ0v) is 10.1. The Morgan fingerprint density at radius 1 is 1.29 bits per heavy atom. The van der Waals surface area contributed by atoms with Crippen LogP contribution in [-0.2, 0) is 11.2 Å². The van der Waals surface area contributed by atoms with E-state index < -0.39 is 5.97 Å². The van der Waals surface area contributed by atoms with Crippen molar-refractivity contribution in [1.29, 1.82) is 0 Å². The van der Waals surface area contributed by atoms with Gasteiger partial charge >= 0.3 is 5.97 Å². The first-order valence-corrected chi connectivity index (χ1v) is 5.61. The van der Waals surface area contributed by atoms with Gasteiger partial charge in [-0.2, -0.15) is 0 Å². The van der Waals surface area contributed by atoms with Gasteiger partial charge in [0, 0.05) is 12.5 Å². The van der Waals surface area contributed by atoms with Gasteiger partial charge in [-0.1, -0.05) is 18.2 Å². The van der Waals surface area contributed by atoms with Crippen LogP contribution in [0.3, 0.4) is 0 Å². The van der Waals surface area contributed by atoms with Crippen LogP contribution in [0.5, 0.6) is 0 Å². The van der Waals surface area contributed by atoms with Crippen LogP contribution in [0.4, 0.5) is 0 Å². The molecule has 4 heteroatoms. The molecule has 0 aliphatic carbocycles. The molecule has 17 heavy (non-hydrogen) atoms. The fourth-order valence-corrected chi connectivity index (χ4v) is 1.59. The zero-order chi connectivity index (χ0) is 12.8. The normalized spacial score (nSPS) is 10.3. The number of carbonyl (C=O) groups is 2. The average Bonchev–Trinajstić information content (AvgIpc) is 2.25. The molecule has 1 aromatic carbocycles. The Balaban J connectivity index is 2.63. The molecular formula is C13H17NO3. The minimum absolute atomic E-state index is 0.0554. The van der Waals surface area contributed by atoms with E-state index >= 15 is 0 Å². The smallest absolute Gasteiger partial charge is 0.335 e. The first-order chi connectivity index (χ1) is 8.00. The van der Waals surface area contributed by atoms with Crippen molar-refractivity contribution in [2.24, 2.45) is 0 Å². The summed E-state index contributed by atoms with van der Waals surface area (Å²) < 4.78 is 0. The van der Waals surface area contributed by atoms with Crippen molar-refractivity contribution in [1.82, 2.24) is 5.32 Å². The first-order valence-electron chi connectivity index (χ1n) is 5.61. The molecule has 0 spiro atoms. The molecular weight excluding hydrogens is 218 g/mol. The molecule has 0 saturated carbocycles. The maximum absolute atomic E-state index is 11.4. The fraction of sp³-hybridized carbons (Fsp3) is 0.385. The monoisotopic (exact) mass is 235 g/mol. The van der Waals surface area contributed by atoms with Crippen molar-refractivity contribution in [3.05, 3.63) is 35.4 Å². The van der Waals surface area contributed by atoms with Crippen LogP contribution in [0.25, 0.3) is 0 Å². The van der Waals surface area contributed by atoms with E-state index in [9.17, 15) is 9.59 Å². The van der Waals surface area contributed by atoms with E-state index in [4.69, 9.17) is 5.11 Å². The molecule has 0 fully saturated rings. The third kappa shape index (κ3) is 4.26. The maximum Gasteiger partial charge on any atom is 0.335 e. The van der Waals surface area contributed by atoms with Crippen molar-refractivity contribution in [3.63, 3.8) is 0 Å². The van der Waals surface area contributed by atoms with E-state index in [0.29, 0.717) is 18.4 Å². The highest BCUT2D eigenvalue weighted by Gasteiger charge is 2.10. The Labute approximate surface area is 101 Å². The highest BCUT2D eigenvalue weighted by molar-refractivity contribution is 5.89. The van der Waals surface area contributed by atoms with Crippen molar-refractivity contribution < 1.29 is 14.7 Å². The van der Waals surface area contributed by atoms with E-state index in [0.717, 1.165) is 0 Å². The lowest BCUT2D eigenvalue weighted by Crippen LogP contribution is -2.30. The van der Waals surface area contributed by atoms with Crippen LogP contribution in [-0.4, -0.2) is 23.0 Å². The lowest BCUT2D eigenvalue weighted by molar-refractivity contribution is -0.121. The molecule has 0 radical (unpaired) electrons. The Hall–Kier alpha value is -1.84. The largest absolute Gasteiger partial charge is 0.478 e. The SMILES string of the molecule is CC(C)NC(=O)CCc1ccccc1C(=O)O. The molecule has 0 unspecified atom stereocenters. The van der Waals surface area contributed by atoms with E-state index in [1.54, 1.807) is 24.3 Å². The third-order valence-corrected chi connectivity index (χ3v) is 2.32. The van der Waals surface area contributed by atoms with Gasteiger partial charge in [0.25, 0.3) is 0 Å². The second kappa shape index (κ2) is 6.03. The van der Waals surface area contributed by atoms with Gasteiger partial charge in [0.1, 0.15) is 0 Å². The molecule has 0 aliphatic rings. The molecule has 1 rings (SSSR count). The maximum atomic E-state index is 11.4. The molecule has 0 aromatic heterocycles. The van der Waals surface area contributed by atoms with Crippen LogP contribution >= 0.6 is 0 Å². The molecule has 0 heterocycles. The molecule has 4 nitrogen and oxygen atoms in total. The quantitative estimate of drug-likeness (QED) is 0.818. The molecule has 1 aromatic rings. The zero-order valence-electron chi connectivity index (χ0n) is 10.1. The lowest BCUT2D eigenvalue weighted by Gasteiger charge is -2.09. The standard InChI is InChI=1S/C13H17NO3/c1-9(2)14-12(15)8-7-10-5-3-4-6-11(10)13(16)17/h3-6,9H,7-8H2,1-2H3,(H,14,15)(H,16,17). The molecule has 0 atom stereocenters. The van der Waals surface area contributed by atoms with E-state index in [1.807, 2.05) is 13.8 Å². The topological polar surface area (TPSA) is 66.4 Å². The number of benzene rings is 1. The summed E-state index contributed by atoms with van der Waals surface area (Å²) in [6.07, 6.45) is 0.753. The van der Waals surface area contributed by atoms with Gasteiger partial charge in [-0.05, 0) is 31.9 Å². The average molecular weight is 235 g/mol. The first kappa shape index (κ1) is 13.2. The predicted octanol–water partition coefficient (Wildman–Crippen LogP) is 1.84. The van der Waals surface area contributed by atoms with Crippen LogP contribution in [0, 0.1) is 0 Å². The van der Waals surface area contributed by atoms with E-state index in [1.165, 1.54) is 0 Å². The van der Waals surface area contributed by atoms with Crippen LogP contribution in [0.15, 0.2) is 24.3 Å². The molecule has 0 aliphatic heterocycles. The fourth-order valence-electron chi connectivity index (χ4n) is 1.59. The Kier molecular flexibility index (Phi) is 4.69. The molecule has 2 N–H and O–H groups in total. The molecule has 1 amide bonds. The highest BCUT2D eigenvalue weighted by Crippen LogP contribution is 2.11. The van der Waals surface area contributed by atoms with Crippen molar-refractivity contribution in [2.45, 2.75) is 32.7 Å². The number of hydrogen-bond acceptors (Lipinski definition) is 2. The second-order valence-electron chi connectivity index (χ2n) is 4.18. The number of carbonyl (C=O) groups excluding carboxylic acids is 1. The van der Waals surface area contributed by atoms with E-state index in [-0.39, 0.29) is 17.5 Å². The van der Waals surface area contributed by atoms with Gasteiger partial charge in [0.05, 0.1) is 5.56 Å². The second-order valence-corrected chi connectivity index (χ2v) is 4.18. The number of aryl methyl sites for hydroxylation is 1. The summed E-state index contributed by atoms with van der Waals surface area (Å²) in [5.74, 6) is -1.01. The predicted molar refractivity (Wildman–Crippen MR) is 65.0 cm³/mol. The number of hydrogen-bond donors (Lipinski definition) is 2. The van der Waals surface area contributed by atoms with Gasteiger partial charge < -0.3 is 10.4 Å². The van der Waals surface area contributed by atoms with Crippen LogP contribution < -0.4 is 5.32 Å². The van der Waals surface area contributed by atoms with Gasteiger partial charge in [-0.15, -0.1) is 0 Å². The number of carboxylic acid groups (broad SMARTS) is 1.